The zero-order valence-corrected chi connectivity index (χ0v) is 12.0. The molecule has 0 aliphatic carbocycles. The van der Waals surface area contributed by atoms with E-state index in [1.54, 1.807) is 18.2 Å². The van der Waals surface area contributed by atoms with E-state index in [0.717, 1.165) is 5.56 Å². The first-order valence-corrected chi connectivity index (χ1v) is 6.85. The Bertz CT molecular complexity index is 638. The Balaban J connectivity index is 2.01. The molecule has 1 aromatic rings. The smallest absolute Gasteiger partial charge is 0.246 e. The number of nitriles is 2. The van der Waals surface area contributed by atoms with Crippen LogP contribution in [-0.2, 0) is 4.79 Å². The van der Waals surface area contributed by atoms with Crippen molar-refractivity contribution in [1.82, 2.24) is 4.90 Å². The normalized spacial score (nSPS) is 11.9. The molecule has 0 fully saturated rings. The summed E-state index contributed by atoms with van der Waals surface area (Å²) in [6.45, 7) is 0.850. The first-order valence-electron chi connectivity index (χ1n) is 6.85. The van der Waals surface area contributed by atoms with Gasteiger partial charge in [-0.15, -0.1) is 0 Å². The second-order valence-corrected chi connectivity index (χ2v) is 4.59. The predicted molar refractivity (Wildman–Crippen MR) is 78.6 cm³/mol. The van der Waals surface area contributed by atoms with E-state index in [9.17, 15) is 4.79 Å². The van der Waals surface area contributed by atoms with Gasteiger partial charge in [0, 0.05) is 19.2 Å². The fraction of sp³-hybridized carbons (Fsp3) is 0.312. The van der Waals surface area contributed by atoms with Crippen molar-refractivity contribution < 1.29 is 14.3 Å². The van der Waals surface area contributed by atoms with Crippen LogP contribution in [0.5, 0.6) is 11.5 Å². The number of carbonyl (C=O) groups excluding carboxylic acids is 1. The number of fused-ring (bicyclic) bond motifs is 1. The Morgan fingerprint density at radius 2 is 1.86 bits per heavy atom. The highest BCUT2D eigenvalue weighted by Crippen LogP contribution is 2.32. The van der Waals surface area contributed by atoms with E-state index < -0.39 is 0 Å². The summed E-state index contributed by atoms with van der Waals surface area (Å²) in [4.78, 5) is 13.6. The minimum atomic E-state index is -0.219. The van der Waals surface area contributed by atoms with E-state index in [0.29, 0.717) is 24.6 Å². The predicted octanol–water partition coefficient (Wildman–Crippen LogP) is 2.08. The minimum Gasteiger partial charge on any atom is -0.454 e. The third-order valence-corrected chi connectivity index (χ3v) is 3.11. The van der Waals surface area contributed by atoms with E-state index in [-0.39, 0.29) is 25.5 Å². The molecule has 6 heteroatoms. The lowest BCUT2D eigenvalue weighted by Gasteiger charge is -2.18. The molecule has 112 valence electrons. The van der Waals surface area contributed by atoms with E-state index in [1.807, 2.05) is 18.2 Å². The van der Waals surface area contributed by atoms with Crippen LogP contribution < -0.4 is 9.47 Å². The minimum absolute atomic E-state index is 0.206. The number of amides is 1. The lowest BCUT2D eigenvalue weighted by atomic mass is 10.2. The van der Waals surface area contributed by atoms with Gasteiger partial charge in [-0.3, -0.25) is 4.79 Å². The molecule has 0 spiro atoms. The number of rotatable bonds is 6. The second kappa shape index (κ2) is 7.70. The summed E-state index contributed by atoms with van der Waals surface area (Å²) in [6, 6.07) is 9.41. The van der Waals surface area contributed by atoms with Gasteiger partial charge in [-0.05, 0) is 23.8 Å². The van der Waals surface area contributed by atoms with Crippen molar-refractivity contribution in [2.45, 2.75) is 12.8 Å². The number of hydrogen-bond donors (Lipinski definition) is 0. The summed E-state index contributed by atoms with van der Waals surface area (Å²) in [5.74, 6) is 1.12. The quantitative estimate of drug-likeness (QED) is 0.750. The molecule has 1 aliphatic heterocycles. The van der Waals surface area contributed by atoms with Gasteiger partial charge < -0.3 is 14.4 Å². The van der Waals surface area contributed by atoms with Gasteiger partial charge in [0.15, 0.2) is 11.5 Å². The molecule has 22 heavy (non-hydrogen) atoms. The Hall–Kier alpha value is -2.99. The first kappa shape index (κ1) is 15.4. The molecule has 6 nitrogen and oxygen atoms in total. The molecule has 0 aromatic heterocycles. The standard InChI is InChI=1S/C16H15N3O3/c17-7-1-9-19(10-2-8-18)16(20)6-4-13-3-5-14-15(11-13)22-12-21-14/h3-6,11H,1-2,9-10,12H2. The number of nitrogens with zero attached hydrogens (tertiary/aromatic N) is 3. The molecular formula is C16H15N3O3. The molecule has 0 bridgehead atoms. The molecule has 0 saturated heterocycles. The van der Waals surface area contributed by atoms with Gasteiger partial charge in [0.2, 0.25) is 12.7 Å². The largest absolute Gasteiger partial charge is 0.454 e. The SMILES string of the molecule is N#CCCN(CCC#N)C(=O)C=Cc1ccc2c(c1)OCO2. The molecule has 0 atom stereocenters. The Morgan fingerprint density at radius 1 is 1.18 bits per heavy atom. The van der Waals surface area contributed by atoms with Crippen LogP contribution in [0.2, 0.25) is 0 Å². The molecule has 2 rings (SSSR count). The summed E-state index contributed by atoms with van der Waals surface area (Å²) in [6.07, 6.45) is 3.60. The maximum atomic E-state index is 12.1. The zero-order chi connectivity index (χ0) is 15.8. The van der Waals surface area contributed by atoms with Crippen molar-refractivity contribution >= 4 is 12.0 Å². The number of hydrogen-bond acceptors (Lipinski definition) is 5. The lowest BCUT2D eigenvalue weighted by molar-refractivity contribution is -0.125. The van der Waals surface area contributed by atoms with Gasteiger partial charge in [-0.2, -0.15) is 10.5 Å². The van der Waals surface area contributed by atoms with Crippen molar-refractivity contribution in [2.24, 2.45) is 0 Å². The highest BCUT2D eigenvalue weighted by atomic mass is 16.7. The molecule has 1 amide bonds. The van der Waals surface area contributed by atoms with E-state index >= 15 is 0 Å². The topological polar surface area (TPSA) is 86.4 Å². The molecule has 1 aromatic carbocycles. The Morgan fingerprint density at radius 3 is 2.55 bits per heavy atom. The fourth-order valence-electron chi connectivity index (χ4n) is 1.99. The molecule has 0 N–H and O–H groups in total. The summed E-state index contributed by atoms with van der Waals surface area (Å²) in [5, 5.41) is 17.2. The van der Waals surface area contributed by atoms with Crippen LogP contribution in [0.25, 0.3) is 6.08 Å². The van der Waals surface area contributed by atoms with Crippen LogP contribution in [-0.4, -0.2) is 30.7 Å². The number of ether oxygens (including phenoxy) is 2. The summed E-state index contributed by atoms with van der Waals surface area (Å²) in [5.41, 5.74) is 0.818. The van der Waals surface area contributed by atoms with Gasteiger partial charge >= 0.3 is 0 Å². The summed E-state index contributed by atoms with van der Waals surface area (Å²) in [7, 11) is 0. The molecule has 0 radical (unpaired) electrons. The van der Waals surface area contributed by atoms with Gasteiger partial charge in [-0.25, -0.2) is 0 Å². The van der Waals surface area contributed by atoms with Crippen molar-refractivity contribution in [3.63, 3.8) is 0 Å². The molecule has 0 saturated carbocycles. The summed E-state index contributed by atoms with van der Waals surface area (Å²) < 4.78 is 10.5. The van der Waals surface area contributed by atoms with Crippen LogP contribution in [0, 0.1) is 22.7 Å². The van der Waals surface area contributed by atoms with Crippen molar-refractivity contribution in [1.29, 1.82) is 10.5 Å². The monoisotopic (exact) mass is 297 g/mol. The van der Waals surface area contributed by atoms with Crippen LogP contribution in [0.4, 0.5) is 0 Å². The Labute approximate surface area is 128 Å². The number of carbonyl (C=O) groups is 1. The fourth-order valence-corrected chi connectivity index (χ4v) is 1.99. The van der Waals surface area contributed by atoms with Gasteiger partial charge in [0.25, 0.3) is 0 Å². The third-order valence-electron chi connectivity index (χ3n) is 3.11. The average Bonchev–Trinajstić information content (AvgIpc) is 3.00. The van der Waals surface area contributed by atoms with Gasteiger partial charge in [-0.1, -0.05) is 6.07 Å². The highest BCUT2D eigenvalue weighted by Gasteiger charge is 2.13. The highest BCUT2D eigenvalue weighted by molar-refractivity contribution is 5.91. The van der Waals surface area contributed by atoms with Crippen LogP contribution in [0.3, 0.4) is 0 Å². The van der Waals surface area contributed by atoms with Gasteiger partial charge in [0.05, 0.1) is 25.0 Å². The zero-order valence-electron chi connectivity index (χ0n) is 12.0. The average molecular weight is 297 g/mol. The summed E-state index contributed by atoms with van der Waals surface area (Å²) >= 11 is 0. The first-order chi connectivity index (χ1) is 10.7. The van der Waals surface area contributed by atoms with E-state index in [4.69, 9.17) is 20.0 Å². The maximum absolute atomic E-state index is 12.1. The van der Waals surface area contributed by atoms with Crippen molar-refractivity contribution in [3.05, 3.63) is 29.8 Å². The van der Waals surface area contributed by atoms with Gasteiger partial charge in [0.1, 0.15) is 0 Å². The van der Waals surface area contributed by atoms with E-state index in [2.05, 4.69) is 0 Å². The van der Waals surface area contributed by atoms with E-state index in [1.165, 1.54) is 11.0 Å². The molecular weight excluding hydrogens is 282 g/mol. The van der Waals surface area contributed by atoms with Crippen LogP contribution in [0.15, 0.2) is 24.3 Å². The lowest BCUT2D eigenvalue weighted by Crippen LogP contribution is -2.31. The van der Waals surface area contributed by atoms with Crippen molar-refractivity contribution in [2.75, 3.05) is 19.9 Å². The molecule has 1 heterocycles. The second-order valence-electron chi connectivity index (χ2n) is 4.59. The third kappa shape index (κ3) is 4.00. The number of benzene rings is 1. The molecule has 1 aliphatic rings. The van der Waals surface area contributed by atoms with Crippen molar-refractivity contribution in [3.8, 4) is 23.6 Å². The van der Waals surface area contributed by atoms with Crippen LogP contribution in [0.1, 0.15) is 18.4 Å². The Kier molecular flexibility index (Phi) is 5.39. The maximum Gasteiger partial charge on any atom is 0.246 e. The van der Waals surface area contributed by atoms with Crippen LogP contribution >= 0.6 is 0 Å². The molecule has 0 unspecified atom stereocenters.